The molecule has 0 spiro atoms. The van der Waals surface area contributed by atoms with Crippen molar-refractivity contribution in [3.8, 4) is 0 Å². The van der Waals surface area contributed by atoms with Crippen LogP contribution in [0, 0.1) is 17.8 Å². The number of ketones is 2. The van der Waals surface area contributed by atoms with Crippen molar-refractivity contribution in [2.24, 2.45) is 17.8 Å². The van der Waals surface area contributed by atoms with Gasteiger partial charge >= 0.3 is 0 Å². The molecule has 1 saturated carbocycles. The summed E-state index contributed by atoms with van der Waals surface area (Å²) >= 11 is 0. The normalized spacial score (nSPS) is 27.7. The minimum absolute atomic E-state index is 0.0524. The Morgan fingerprint density at radius 2 is 1.71 bits per heavy atom. The fourth-order valence-corrected chi connectivity index (χ4v) is 2.73. The van der Waals surface area contributed by atoms with E-state index in [0.717, 1.165) is 12.8 Å². The molecular formula is C12H20O2. The van der Waals surface area contributed by atoms with Crippen LogP contribution in [-0.2, 0) is 9.59 Å². The van der Waals surface area contributed by atoms with Crippen LogP contribution < -0.4 is 0 Å². The molecule has 0 unspecified atom stereocenters. The fourth-order valence-electron chi connectivity index (χ4n) is 2.73. The van der Waals surface area contributed by atoms with Gasteiger partial charge < -0.3 is 0 Å². The van der Waals surface area contributed by atoms with E-state index in [9.17, 15) is 9.59 Å². The molecule has 0 heterocycles. The Labute approximate surface area is 86.1 Å². The fraction of sp³-hybridized carbons (Fsp3) is 0.833. The maximum absolute atomic E-state index is 11.4. The van der Waals surface area contributed by atoms with Gasteiger partial charge in [0.2, 0.25) is 0 Å². The number of Topliss-reactive ketones (excluding diaryl/α,β-unsaturated/α-hetero) is 2. The molecular weight excluding hydrogens is 176 g/mol. The van der Waals surface area contributed by atoms with E-state index in [0.29, 0.717) is 11.8 Å². The van der Waals surface area contributed by atoms with Gasteiger partial charge in [-0.05, 0) is 38.5 Å². The molecule has 0 bridgehead atoms. The highest BCUT2D eigenvalue weighted by atomic mass is 16.1. The molecule has 1 aliphatic carbocycles. The summed E-state index contributed by atoms with van der Waals surface area (Å²) in [6.45, 7) is 5.31. The lowest BCUT2D eigenvalue weighted by Crippen LogP contribution is -2.31. The minimum atomic E-state index is -0.322. The zero-order chi connectivity index (χ0) is 10.7. The van der Waals surface area contributed by atoms with Gasteiger partial charge in [0.1, 0.15) is 11.6 Å². The summed E-state index contributed by atoms with van der Waals surface area (Å²) in [7, 11) is 0. The summed E-state index contributed by atoms with van der Waals surface area (Å²) in [6.07, 6.45) is 4.51. The Balaban J connectivity index is 2.67. The molecule has 80 valence electrons. The first-order valence-electron chi connectivity index (χ1n) is 5.53. The molecule has 2 nitrogen and oxygen atoms in total. The van der Waals surface area contributed by atoms with Gasteiger partial charge in [-0.1, -0.05) is 19.8 Å². The average molecular weight is 196 g/mol. The van der Waals surface area contributed by atoms with Crippen molar-refractivity contribution in [2.45, 2.75) is 46.5 Å². The Hall–Kier alpha value is -0.660. The number of carbonyl (C=O) groups is 2. The van der Waals surface area contributed by atoms with E-state index in [1.54, 1.807) is 13.8 Å². The maximum atomic E-state index is 11.4. The first-order valence-corrected chi connectivity index (χ1v) is 5.53. The van der Waals surface area contributed by atoms with E-state index in [4.69, 9.17) is 0 Å². The van der Waals surface area contributed by atoms with Crippen LogP contribution in [-0.4, -0.2) is 11.6 Å². The minimum Gasteiger partial charge on any atom is -0.299 e. The third-order valence-corrected chi connectivity index (χ3v) is 3.32. The molecule has 0 amide bonds. The van der Waals surface area contributed by atoms with Gasteiger partial charge in [-0.3, -0.25) is 9.59 Å². The van der Waals surface area contributed by atoms with Crippen LogP contribution in [0.3, 0.4) is 0 Å². The van der Waals surface area contributed by atoms with E-state index in [-0.39, 0.29) is 17.5 Å². The van der Waals surface area contributed by atoms with Gasteiger partial charge in [0.05, 0.1) is 5.92 Å². The average Bonchev–Trinajstić information content (AvgIpc) is 2.02. The van der Waals surface area contributed by atoms with Crippen LogP contribution in [0.15, 0.2) is 0 Å². The van der Waals surface area contributed by atoms with Gasteiger partial charge in [0.15, 0.2) is 0 Å². The van der Waals surface area contributed by atoms with Gasteiger partial charge in [-0.15, -0.1) is 0 Å². The lowest BCUT2D eigenvalue weighted by molar-refractivity contribution is -0.133. The van der Waals surface area contributed by atoms with E-state index < -0.39 is 0 Å². The summed E-state index contributed by atoms with van der Waals surface area (Å²) in [5.74, 6) is 0.773. The Morgan fingerprint density at radius 3 is 2.14 bits per heavy atom. The van der Waals surface area contributed by atoms with E-state index >= 15 is 0 Å². The molecule has 2 atom stereocenters. The largest absolute Gasteiger partial charge is 0.299 e. The second-order valence-electron chi connectivity index (χ2n) is 4.73. The number of rotatable bonds is 3. The van der Waals surface area contributed by atoms with Gasteiger partial charge in [0.25, 0.3) is 0 Å². The van der Waals surface area contributed by atoms with Crippen LogP contribution in [0.2, 0.25) is 0 Å². The third kappa shape index (κ3) is 2.66. The molecule has 0 saturated heterocycles. The van der Waals surface area contributed by atoms with Crippen LogP contribution >= 0.6 is 0 Å². The SMILES string of the molecule is CC(=O)C(C(C)=O)[C@@H]1CCC[C@H](C)C1. The highest BCUT2D eigenvalue weighted by Gasteiger charge is 2.32. The lowest BCUT2D eigenvalue weighted by atomic mass is 9.73. The Morgan fingerprint density at radius 1 is 1.14 bits per heavy atom. The predicted molar refractivity (Wildman–Crippen MR) is 56.0 cm³/mol. The molecule has 0 radical (unpaired) electrons. The van der Waals surface area contributed by atoms with Crippen molar-refractivity contribution in [1.82, 2.24) is 0 Å². The second-order valence-corrected chi connectivity index (χ2v) is 4.73. The highest BCUT2D eigenvalue weighted by Crippen LogP contribution is 2.34. The zero-order valence-electron chi connectivity index (χ0n) is 9.38. The van der Waals surface area contributed by atoms with Crippen molar-refractivity contribution < 1.29 is 9.59 Å². The molecule has 0 aliphatic heterocycles. The van der Waals surface area contributed by atoms with Crippen LogP contribution in [0.25, 0.3) is 0 Å². The summed E-state index contributed by atoms with van der Waals surface area (Å²) in [6, 6.07) is 0. The van der Waals surface area contributed by atoms with Gasteiger partial charge in [0, 0.05) is 0 Å². The van der Waals surface area contributed by atoms with Crippen LogP contribution in [0.4, 0.5) is 0 Å². The molecule has 0 aromatic carbocycles. The molecule has 2 heteroatoms. The van der Waals surface area contributed by atoms with Gasteiger partial charge in [-0.25, -0.2) is 0 Å². The predicted octanol–water partition coefficient (Wildman–Crippen LogP) is 2.61. The maximum Gasteiger partial charge on any atom is 0.140 e. The zero-order valence-corrected chi connectivity index (χ0v) is 9.38. The highest BCUT2D eigenvalue weighted by molar-refractivity contribution is 6.00. The number of hydrogen-bond acceptors (Lipinski definition) is 2. The third-order valence-electron chi connectivity index (χ3n) is 3.32. The quantitative estimate of drug-likeness (QED) is 0.650. The molecule has 1 fully saturated rings. The van der Waals surface area contributed by atoms with E-state index in [1.807, 2.05) is 0 Å². The topological polar surface area (TPSA) is 34.1 Å². The monoisotopic (exact) mass is 196 g/mol. The molecule has 1 aliphatic rings. The lowest BCUT2D eigenvalue weighted by Gasteiger charge is -2.30. The van der Waals surface area contributed by atoms with E-state index in [2.05, 4.69) is 6.92 Å². The Kier molecular flexibility index (Phi) is 3.85. The number of carbonyl (C=O) groups excluding carboxylic acids is 2. The van der Waals surface area contributed by atoms with Crippen molar-refractivity contribution >= 4 is 11.6 Å². The Bertz CT molecular complexity index is 218. The van der Waals surface area contributed by atoms with Crippen molar-refractivity contribution in [3.05, 3.63) is 0 Å². The number of hydrogen-bond donors (Lipinski definition) is 0. The molecule has 0 N–H and O–H groups in total. The molecule has 14 heavy (non-hydrogen) atoms. The van der Waals surface area contributed by atoms with E-state index in [1.165, 1.54) is 12.8 Å². The van der Waals surface area contributed by atoms with Crippen LogP contribution in [0.5, 0.6) is 0 Å². The van der Waals surface area contributed by atoms with Gasteiger partial charge in [-0.2, -0.15) is 0 Å². The van der Waals surface area contributed by atoms with Crippen molar-refractivity contribution in [1.29, 1.82) is 0 Å². The summed E-state index contributed by atoms with van der Waals surface area (Å²) < 4.78 is 0. The first-order chi connectivity index (χ1) is 6.52. The second kappa shape index (κ2) is 4.72. The summed E-state index contributed by atoms with van der Waals surface area (Å²) in [5.41, 5.74) is 0. The molecule has 0 aromatic rings. The first kappa shape index (κ1) is 11.4. The molecule has 1 rings (SSSR count). The molecule has 0 aromatic heterocycles. The summed E-state index contributed by atoms with van der Waals surface area (Å²) in [4.78, 5) is 22.7. The standard InChI is InChI=1S/C12H20O2/c1-8-5-4-6-11(7-8)12(9(2)13)10(3)14/h8,11-12H,4-7H2,1-3H3/t8-,11+/m0/s1. The van der Waals surface area contributed by atoms with Crippen LogP contribution in [0.1, 0.15) is 46.5 Å². The van der Waals surface area contributed by atoms with Crippen molar-refractivity contribution in [3.63, 3.8) is 0 Å². The van der Waals surface area contributed by atoms with Crippen molar-refractivity contribution in [2.75, 3.05) is 0 Å². The summed E-state index contributed by atoms with van der Waals surface area (Å²) in [5, 5.41) is 0. The smallest absolute Gasteiger partial charge is 0.140 e.